The van der Waals surface area contributed by atoms with E-state index >= 15 is 0 Å². The fourth-order valence-electron chi connectivity index (χ4n) is 3.02. The highest BCUT2D eigenvalue weighted by Crippen LogP contribution is 2.66. The second-order valence-electron chi connectivity index (χ2n) is 4.93. The summed E-state index contributed by atoms with van der Waals surface area (Å²) in [4.78, 5) is 0. The van der Waals surface area contributed by atoms with E-state index in [2.05, 4.69) is 0 Å². The summed E-state index contributed by atoms with van der Waals surface area (Å²) in [6.07, 6.45) is 6.62. The van der Waals surface area contributed by atoms with E-state index in [1.54, 1.807) is 0 Å². The predicted octanol–water partition coefficient (Wildman–Crippen LogP) is 2.94. The highest BCUT2D eigenvalue weighted by molar-refractivity contribution is 5.13. The maximum Gasteiger partial charge on any atom is 0.256 e. The van der Waals surface area contributed by atoms with E-state index in [9.17, 15) is 8.78 Å². The van der Waals surface area contributed by atoms with Gasteiger partial charge in [-0.25, -0.2) is 8.78 Å². The Morgan fingerprint density at radius 2 is 1.57 bits per heavy atom. The number of hydrogen-bond donors (Lipinski definition) is 1. The molecule has 82 valence electrons. The zero-order valence-corrected chi connectivity index (χ0v) is 8.57. The molecule has 0 saturated heterocycles. The molecule has 0 radical (unpaired) electrons. The Morgan fingerprint density at radius 3 is 1.93 bits per heavy atom. The largest absolute Gasteiger partial charge is 0.330 e. The number of hydrogen-bond acceptors (Lipinski definition) is 1. The van der Waals surface area contributed by atoms with E-state index in [0.29, 0.717) is 0 Å². The van der Waals surface area contributed by atoms with Crippen LogP contribution in [-0.2, 0) is 0 Å². The van der Waals surface area contributed by atoms with Gasteiger partial charge in [0.2, 0.25) is 0 Å². The monoisotopic (exact) mass is 203 g/mol. The first-order valence-corrected chi connectivity index (χ1v) is 5.70. The molecule has 2 aliphatic carbocycles. The quantitative estimate of drug-likeness (QED) is 0.686. The molecule has 2 fully saturated rings. The fourth-order valence-corrected chi connectivity index (χ4v) is 3.02. The van der Waals surface area contributed by atoms with E-state index < -0.39 is 11.3 Å². The minimum Gasteiger partial charge on any atom is -0.330 e. The molecule has 0 amide bonds. The summed E-state index contributed by atoms with van der Waals surface area (Å²) in [5.74, 6) is -2.28. The smallest absolute Gasteiger partial charge is 0.256 e. The molecule has 3 heteroatoms. The molecule has 1 atom stereocenters. The van der Waals surface area contributed by atoms with Gasteiger partial charge in [-0.3, -0.25) is 0 Å². The van der Waals surface area contributed by atoms with Crippen molar-refractivity contribution < 1.29 is 8.78 Å². The third-order valence-corrected chi connectivity index (χ3v) is 4.14. The van der Waals surface area contributed by atoms with Gasteiger partial charge < -0.3 is 5.73 Å². The van der Waals surface area contributed by atoms with Crippen molar-refractivity contribution in [3.8, 4) is 0 Å². The number of alkyl halides is 2. The van der Waals surface area contributed by atoms with Crippen LogP contribution in [0.15, 0.2) is 0 Å². The molecule has 14 heavy (non-hydrogen) atoms. The lowest BCUT2D eigenvalue weighted by Gasteiger charge is -2.24. The van der Waals surface area contributed by atoms with Crippen LogP contribution in [0, 0.1) is 11.3 Å². The minimum absolute atomic E-state index is 0.0428. The Kier molecular flexibility index (Phi) is 2.54. The zero-order valence-electron chi connectivity index (χ0n) is 8.57. The second kappa shape index (κ2) is 3.44. The Hall–Kier alpha value is -0.180. The first-order chi connectivity index (χ1) is 6.62. The molecule has 0 aromatic carbocycles. The summed E-state index contributed by atoms with van der Waals surface area (Å²) in [6.45, 7) is 0.171. The molecule has 0 spiro atoms. The Balaban J connectivity index is 2.05. The van der Waals surface area contributed by atoms with E-state index in [0.717, 1.165) is 25.7 Å². The molecular formula is C11H19F2N. The molecule has 2 aliphatic rings. The van der Waals surface area contributed by atoms with Gasteiger partial charge in [-0.2, -0.15) is 0 Å². The van der Waals surface area contributed by atoms with E-state index in [-0.39, 0.29) is 18.9 Å². The van der Waals surface area contributed by atoms with Gasteiger partial charge in [-0.1, -0.05) is 25.7 Å². The average Bonchev–Trinajstić information content (AvgIpc) is 2.80. The Labute approximate surface area is 84.0 Å². The van der Waals surface area contributed by atoms with Crippen LogP contribution in [0.2, 0.25) is 0 Å². The van der Waals surface area contributed by atoms with Gasteiger partial charge in [0.05, 0.1) is 5.41 Å². The van der Waals surface area contributed by atoms with Crippen molar-refractivity contribution in [2.45, 2.75) is 50.9 Å². The summed E-state index contributed by atoms with van der Waals surface area (Å²) in [6, 6.07) is 0. The van der Waals surface area contributed by atoms with Crippen LogP contribution in [0.5, 0.6) is 0 Å². The van der Waals surface area contributed by atoms with Crippen LogP contribution < -0.4 is 5.73 Å². The molecule has 2 N–H and O–H groups in total. The molecule has 1 unspecified atom stereocenters. The lowest BCUT2D eigenvalue weighted by molar-refractivity contribution is 0.0377. The van der Waals surface area contributed by atoms with Gasteiger partial charge in [0, 0.05) is 13.0 Å². The van der Waals surface area contributed by atoms with Gasteiger partial charge in [-0.05, 0) is 18.8 Å². The predicted molar refractivity (Wildman–Crippen MR) is 52.2 cm³/mol. The van der Waals surface area contributed by atoms with Crippen molar-refractivity contribution in [1.29, 1.82) is 0 Å². The topological polar surface area (TPSA) is 26.0 Å². The van der Waals surface area contributed by atoms with Crippen LogP contribution in [0.4, 0.5) is 8.78 Å². The molecule has 2 saturated carbocycles. The van der Waals surface area contributed by atoms with Crippen molar-refractivity contribution >= 4 is 0 Å². The van der Waals surface area contributed by atoms with Gasteiger partial charge >= 0.3 is 0 Å². The van der Waals surface area contributed by atoms with Crippen molar-refractivity contribution in [2.24, 2.45) is 17.1 Å². The number of nitrogens with two attached hydrogens (primary N) is 1. The van der Waals surface area contributed by atoms with Crippen LogP contribution in [0.1, 0.15) is 44.9 Å². The summed E-state index contributed by atoms with van der Waals surface area (Å²) in [5, 5.41) is 0. The summed E-state index contributed by atoms with van der Waals surface area (Å²) >= 11 is 0. The van der Waals surface area contributed by atoms with Gasteiger partial charge in [0.25, 0.3) is 5.92 Å². The Bertz CT molecular complexity index is 209. The standard InChI is InChI=1S/C11H19F2N/c12-11(13)7-10(11,8-14)9-5-3-1-2-4-6-9/h9H,1-8,14H2. The minimum atomic E-state index is -2.46. The number of halogens is 2. The van der Waals surface area contributed by atoms with E-state index in [1.807, 2.05) is 0 Å². The van der Waals surface area contributed by atoms with Crippen LogP contribution in [-0.4, -0.2) is 12.5 Å². The lowest BCUT2D eigenvalue weighted by atomic mass is 9.82. The van der Waals surface area contributed by atoms with E-state index in [1.165, 1.54) is 12.8 Å². The molecule has 2 rings (SSSR count). The third-order valence-electron chi connectivity index (χ3n) is 4.14. The maximum absolute atomic E-state index is 13.3. The highest BCUT2D eigenvalue weighted by atomic mass is 19.3. The van der Waals surface area contributed by atoms with Crippen molar-refractivity contribution in [3.63, 3.8) is 0 Å². The molecule has 0 aliphatic heterocycles. The summed E-state index contributed by atoms with van der Waals surface area (Å²) in [5.41, 5.74) is 4.74. The van der Waals surface area contributed by atoms with Gasteiger partial charge in [0.15, 0.2) is 0 Å². The van der Waals surface area contributed by atoms with E-state index in [4.69, 9.17) is 5.73 Å². The summed E-state index contributed by atoms with van der Waals surface area (Å²) < 4.78 is 26.6. The van der Waals surface area contributed by atoms with Crippen LogP contribution in [0.25, 0.3) is 0 Å². The zero-order chi connectivity index (χ0) is 10.2. The highest BCUT2D eigenvalue weighted by Gasteiger charge is 2.72. The SMILES string of the molecule is NCC1(C2CCCCCC2)CC1(F)F. The fraction of sp³-hybridized carbons (Fsp3) is 1.00. The van der Waals surface area contributed by atoms with Crippen molar-refractivity contribution in [1.82, 2.24) is 0 Å². The molecular weight excluding hydrogens is 184 g/mol. The summed E-state index contributed by atoms with van der Waals surface area (Å²) in [7, 11) is 0. The first-order valence-electron chi connectivity index (χ1n) is 5.70. The van der Waals surface area contributed by atoms with Gasteiger partial charge in [0.1, 0.15) is 0 Å². The molecule has 1 nitrogen and oxygen atoms in total. The third kappa shape index (κ3) is 1.46. The van der Waals surface area contributed by atoms with Gasteiger partial charge in [-0.15, -0.1) is 0 Å². The van der Waals surface area contributed by atoms with Crippen molar-refractivity contribution in [2.75, 3.05) is 6.54 Å². The van der Waals surface area contributed by atoms with Crippen LogP contribution in [0.3, 0.4) is 0 Å². The molecule has 0 aromatic rings. The average molecular weight is 203 g/mol. The van der Waals surface area contributed by atoms with Crippen LogP contribution >= 0.6 is 0 Å². The first kappa shape index (κ1) is 10.3. The lowest BCUT2D eigenvalue weighted by Crippen LogP contribution is -2.30. The Morgan fingerprint density at radius 1 is 1.07 bits per heavy atom. The molecule has 0 bridgehead atoms. The normalized spacial score (nSPS) is 37.9. The second-order valence-corrected chi connectivity index (χ2v) is 4.93. The van der Waals surface area contributed by atoms with Crippen molar-refractivity contribution in [3.05, 3.63) is 0 Å². The molecule has 0 heterocycles. The number of rotatable bonds is 2. The molecule has 0 aromatic heterocycles. The maximum atomic E-state index is 13.3.